The lowest BCUT2D eigenvalue weighted by molar-refractivity contribution is 0.350. The molecule has 0 saturated heterocycles. The molecule has 0 bridgehead atoms. The summed E-state index contributed by atoms with van der Waals surface area (Å²) in [5.74, 6) is 4.89. The van der Waals surface area contributed by atoms with Gasteiger partial charge in [0.15, 0.2) is 0 Å². The molecule has 0 radical (unpaired) electrons. The minimum atomic E-state index is -3.77. The first-order chi connectivity index (χ1) is 9.76. The lowest BCUT2D eigenvalue weighted by Crippen LogP contribution is -2.26. The molecule has 1 aromatic rings. The molecule has 8 heteroatoms. The second-order valence-corrected chi connectivity index (χ2v) is 8.33. The van der Waals surface area contributed by atoms with Crippen LogP contribution in [0.25, 0.3) is 0 Å². The molecule has 0 aromatic heterocycles. The van der Waals surface area contributed by atoms with E-state index in [1.54, 1.807) is 12.1 Å². The summed E-state index contributed by atoms with van der Waals surface area (Å²) < 4.78 is 48.6. The maximum absolute atomic E-state index is 12.1. The summed E-state index contributed by atoms with van der Waals surface area (Å²) in [7, 11) is -6.88. The number of sulfonamides is 1. The molecule has 0 aliphatic carbocycles. The van der Waals surface area contributed by atoms with Crippen molar-refractivity contribution < 1.29 is 21.9 Å². The largest absolute Gasteiger partial charge is 0.384 e. The van der Waals surface area contributed by atoms with Crippen molar-refractivity contribution in [3.8, 4) is 11.8 Å². The van der Waals surface area contributed by atoms with Crippen molar-refractivity contribution >= 4 is 19.9 Å². The van der Waals surface area contributed by atoms with E-state index in [0.29, 0.717) is 0 Å². The van der Waals surface area contributed by atoms with Gasteiger partial charge in [-0.3, -0.25) is 0 Å². The minimum absolute atomic E-state index is 0.00491. The average Bonchev–Trinajstić information content (AvgIpc) is 2.41. The Morgan fingerprint density at radius 2 is 1.86 bits per heavy atom. The van der Waals surface area contributed by atoms with E-state index in [1.807, 2.05) is 0 Å². The van der Waals surface area contributed by atoms with Gasteiger partial charge in [-0.15, -0.1) is 0 Å². The molecule has 0 aliphatic rings. The molecule has 1 aromatic carbocycles. The predicted molar refractivity (Wildman–Crippen MR) is 79.9 cm³/mol. The SMILES string of the molecule is CS(=O)(=O)CCCNS(=O)(=O)c1ccccc1C#CCO. The second-order valence-electron chi connectivity index (χ2n) is 4.34. The minimum Gasteiger partial charge on any atom is -0.384 e. The zero-order chi connectivity index (χ0) is 15.9. The monoisotopic (exact) mass is 331 g/mol. The highest BCUT2D eigenvalue weighted by Crippen LogP contribution is 2.14. The molecule has 0 atom stereocenters. The first-order valence-corrected chi connectivity index (χ1v) is 9.67. The lowest BCUT2D eigenvalue weighted by Gasteiger charge is -2.08. The molecule has 1 rings (SSSR count). The summed E-state index contributed by atoms with van der Waals surface area (Å²) >= 11 is 0. The number of aliphatic hydroxyl groups excluding tert-OH is 1. The molecular weight excluding hydrogens is 314 g/mol. The predicted octanol–water partition coefficient (Wildman–Crippen LogP) is -0.257. The zero-order valence-corrected chi connectivity index (χ0v) is 13.2. The van der Waals surface area contributed by atoms with Gasteiger partial charge in [-0.25, -0.2) is 21.6 Å². The van der Waals surface area contributed by atoms with E-state index in [2.05, 4.69) is 16.6 Å². The Morgan fingerprint density at radius 3 is 2.48 bits per heavy atom. The standard InChI is InChI=1S/C13H17NO5S2/c1-20(16,17)11-5-9-14-21(18,19)13-8-3-2-6-12(13)7-4-10-15/h2-3,6,8,14-15H,5,9-11H2,1H3. The third-order valence-electron chi connectivity index (χ3n) is 2.46. The molecule has 6 nitrogen and oxygen atoms in total. The quantitative estimate of drug-likeness (QED) is 0.553. The summed E-state index contributed by atoms with van der Waals surface area (Å²) in [6, 6.07) is 6.15. The van der Waals surface area contributed by atoms with E-state index in [4.69, 9.17) is 5.11 Å². The van der Waals surface area contributed by atoms with Crippen molar-refractivity contribution in [1.82, 2.24) is 4.72 Å². The lowest BCUT2D eigenvalue weighted by atomic mass is 10.2. The van der Waals surface area contributed by atoms with Gasteiger partial charge < -0.3 is 5.11 Å². The second kappa shape index (κ2) is 7.56. The molecule has 0 saturated carbocycles. The molecule has 116 valence electrons. The summed E-state index contributed by atoms with van der Waals surface area (Å²) in [6.07, 6.45) is 1.30. The molecule has 0 amide bonds. The van der Waals surface area contributed by atoms with Crippen LogP contribution in [0.2, 0.25) is 0 Å². The van der Waals surface area contributed by atoms with Crippen LogP contribution in [0.5, 0.6) is 0 Å². The van der Waals surface area contributed by atoms with Gasteiger partial charge in [-0.05, 0) is 18.6 Å². The van der Waals surface area contributed by atoms with Crippen LogP contribution in [0.15, 0.2) is 29.2 Å². The summed E-state index contributed by atoms with van der Waals surface area (Å²) in [4.78, 5) is 0.00491. The number of sulfone groups is 1. The van der Waals surface area contributed by atoms with Crippen LogP contribution in [-0.4, -0.2) is 47.1 Å². The number of rotatable bonds is 6. The van der Waals surface area contributed by atoms with E-state index < -0.39 is 19.9 Å². The first kappa shape index (κ1) is 17.7. The summed E-state index contributed by atoms with van der Waals surface area (Å²) in [5.41, 5.74) is 0.280. The van der Waals surface area contributed by atoms with Crippen molar-refractivity contribution in [3.05, 3.63) is 29.8 Å². The van der Waals surface area contributed by atoms with Crippen LogP contribution in [0.1, 0.15) is 12.0 Å². The van der Waals surface area contributed by atoms with Crippen LogP contribution in [0, 0.1) is 11.8 Å². The Bertz CT molecular complexity index is 742. The Morgan fingerprint density at radius 1 is 1.19 bits per heavy atom. The first-order valence-electron chi connectivity index (χ1n) is 6.12. The van der Waals surface area contributed by atoms with Gasteiger partial charge in [0.05, 0.1) is 10.6 Å². The molecule has 2 N–H and O–H groups in total. The highest BCUT2D eigenvalue weighted by Gasteiger charge is 2.16. The Labute approximate surface area is 125 Å². The van der Waals surface area contributed by atoms with Gasteiger partial charge in [0.1, 0.15) is 16.4 Å². The number of aliphatic hydroxyl groups is 1. The van der Waals surface area contributed by atoms with E-state index >= 15 is 0 Å². The Hall–Kier alpha value is -1.40. The van der Waals surface area contributed by atoms with Gasteiger partial charge in [0.25, 0.3) is 0 Å². The highest BCUT2D eigenvalue weighted by molar-refractivity contribution is 7.90. The Balaban J connectivity index is 2.84. The maximum atomic E-state index is 12.1. The van der Waals surface area contributed by atoms with Gasteiger partial charge in [0, 0.05) is 18.4 Å². The van der Waals surface area contributed by atoms with E-state index in [9.17, 15) is 16.8 Å². The summed E-state index contributed by atoms with van der Waals surface area (Å²) in [6.45, 7) is -0.340. The van der Waals surface area contributed by atoms with Crippen LogP contribution in [0.3, 0.4) is 0 Å². The molecule has 0 fully saturated rings. The van der Waals surface area contributed by atoms with Crippen LogP contribution >= 0.6 is 0 Å². The third-order valence-corrected chi connectivity index (χ3v) is 5.01. The van der Waals surface area contributed by atoms with Crippen LogP contribution in [0.4, 0.5) is 0 Å². The third kappa shape index (κ3) is 6.27. The highest BCUT2D eigenvalue weighted by atomic mass is 32.2. The maximum Gasteiger partial charge on any atom is 0.241 e. The van der Waals surface area contributed by atoms with Gasteiger partial charge in [0.2, 0.25) is 10.0 Å². The molecule has 0 unspecified atom stereocenters. The number of benzene rings is 1. The van der Waals surface area contributed by atoms with Gasteiger partial charge >= 0.3 is 0 Å². The molecule has 0 aliphatic heterocycles. The fraction of sp³-hybridized carbons (Fsp3) is 0.385. The fourth-order valence-corrected chi connectivity index (χ4v) is 3.46. The number of hydrogen-bond donors (Lipinski definition) is 2. The molecule has 21 heavy (non-hydrogen) atoms. The van der Waals surface area contributed by atoms with E-state index in [1.165, 1.54) is 12.1 Å². The number of nitrogens with one attached hydrogen (secondary N) is 1. The number of hydrogen-bond acceptors (Lipinski definition) is 5. The fourth-order valence-electron chi connectivity index (χ4n) is 1.56. The molecular formula is C13H17NO5S2. The van der Waals surface area contributed by atoms with Crippen LogP contribution < -0.4 is 4.72 Å². The van der Waals surface area contributed by atoms with Crippen molar-refractivity contribution in [2.45, 2.75) is 11.3 Å². The van der Waals surface area contributed by atoms with Crippen LogP contribution in [-0.2, 0) is 19.9 Å². The van der Waals surface area contributed by atoms with Gasteiger partial charge in [-0.2, -0.15) is 0 Å². The zero-order valence-electron chi connectivity index (χ0n) is 11.5. The van der Waals surface area contributed by atoms with E-state index in [0.717, 1.165) is 6.26 Å². The normalized spacial score (nSPS) is 11.7. The van der Waals surface area contributed by atoms with Gasteiger partial charge in [-0.1, -0.05) is 24.0 Å². The van der Waals surface area contributed by atoms with Crippen molar-refractivity contribution in [2.75, 3.05) is 25.2 Å². The van der Waals surface area contributed by atoms with Crippen molar-refractivity contribution in [3.63, 3.8) is 0 Å². The topological polar surface area (TPSA) is 101 Å². The average molecular weight is 331 g/mol. The smallest absolute Gasteiger partial charge is 0.241 e. The Kier molecular flexibility index (Phi) is 6.36. The molecule has 0 spiro atoms. The van der Waals surface area contributed by atoms with Crippen molar-refractivity contribution in [2.24, 2.45) is 0 Å². The van der Waals surface area contributed by atoms with E-state index in [-0.39, 0.29) is 35.8 Å². The summed E-state index contributed by atoms with van der Waals surface area (Å²) in [5, 5.41) is 8.68. The molecule has 0 heterocycles. The van der Waals surface area contributed by atoms with Crippen molar-refractivity contribution in [1.29, 1.82) is 0 Å².